The van der Waals surface area contributed by atoms with Crippen molar-refractivity contribution in [3.8, 4) is 5.75 Å². The van der Waals surface area contributed by atoms with Gasteiger partial charge in [-0.25, -0.2) is 4.79 Å². The number of hydrogen-bond donors (Lipinski definition) is 3. The van der Waals surface area contributed by atoms with Gasteiger partial charge in [0.15, 0.2) is 0 Å². The van der Waals surface area contributed by atoms with Gasteiger partial charge in [0, 0.05) is 11.5 Å². The topological polar surface area (TPSA) is 108 Å². The Balaban J connectivity index is 2.83. The lowest BCUT2D eigenvalue weighted by Gasteiger charge is -2.03. The van der Waals surface area contributed by atoms with E-state index in [1.165, 1.54) is 18.2 Å². The van der Waals surface area contributed by atoms with Crippen LogP contribution in [0.2, 0.25) is 0 Å². The lowest BCUT2D eigenvalue weighted by Crippen LogP contribution is -2.23. The number of fused-ring (bicyclic) bond motifs is 1. The maximum atomic E-state index is 11.3. The molecule has 3 N–H and O–H groups in total. The van der Waals surface area contributed by atoms with E-state index in [0.717, 1.165) is 6.07 Å². The monoisotopic (exact) mass is 242 g/mol. The Morgan fingerprint density at radius 1 is 1.19 bits per heavy atom. The molecule has 0 radical (unpaired) electrons. The molecule has 84 valence electrons. The van der Waals surface area contributed by atoms with Crippen LogP contribution in [0.1, 0.15) is 0 Å². The highest BCUT2D eigenvalue weighted by molar-refractivity contribution is 7.60. The van der Waals surface area contributed by atoms with Crippen LogP contribution in [0.4, 0.5) is 0 Å². The smallest absolute Gasteiger partial charge is 0.363 e. The largest absolute Gasteiger partial charge is 0.508 e. The van der Waals surface area contributed by atoms with Crippen LogP contribution in [-0.4, -0.2) is 14.9 Å². The average Bonchev–Trinajstić information content (AvgIpc) is 2.14. The van der Waals surface area contributed by atoms with Crippen molar-refractivity contribution in [1.29, 1.82) is 0 Å². The van der Waals surface area contributed by atoms with Crippen LogP contribution in [0.5, 0.6) is 5.75 Å². The number of rotatable bonds is 1. The van der Waals surface area contributed by atoms with Crippen molar-refractivity contribution in [3.05, 3.63) is 34.7 Å². The Hall–Kier alpha value is -1.62. The maximum Gasteiger partial charge on any atom is 0.363 e. The fraction of sp³-hybridized carbons (Fsp3) is 0. The summed E-state index contributed by atoms with van der Waals surface area (Å²) < 4.78 is 15.6. The summed E-state index contributed by atoms with van der Waals surface area (Å²) in [5.74, 6) is -0.0976. The Morgan fingerprint density at radius 2 is 1.88 bits per heavy atom. The van der Waals surface area contributed by atoms with Gasteiger partial charge in [0.25, 0.3) is 0 Å². The van der Waals surface area contributed by atoms with Gasteiger partial charge in [-0.15, -0.1) is 0 Å². The molecule has 0 bridgehead atoms. The molecule has 1 aromatic carbocycles. The predicted molar refractivity (Wildman–Crippen MR) is 55.8 cm³/mol. The minimum atomic E-state index is -4.64. The summed E-state index contributed by atoms with van der Waals surface area (Å²) in [5, 5.41) is 8.77. The van der Waals surface area contributed by atoms with Crippen molar-refractivity contribution >= 4 is 23.9 Å². The maximum absolute atomic E-state index is 11.3. The minimum Gasteiger partial charge on any atom is -0.508 e. The Bertz CT molecular complexity index is 653. The Morgan fingerprint density at radius 3 is 2.50 bits per heavy atom. The number of benzene rings is 1. The molecule has 6 nitrogen and oxygen atoms in total. The molecule has 0 aliphatic carbocycles. The van der Waals surface area contributed by atoms with Gasteiger partial charge < -0.3 is 19.3 Å². The van der Waals surface area contributed by atoms with Crippen molar-refractivity contribution in [3.63, 3.8) is 0 Å². The van der Waals surface area contributed by atoms with Crippen LogP contribution in [0, 0.1) is 0 Å². The van der Waals surface area contributed by atoms with E-state index < -0.39 is 18.5 Å². The van der Waals surface area contributed by atoms with Gasteiger partial charge in [0.2, 0.25) is 0 Å². The molecule has 0 aliphatic heterocycles. The quantitative estimate of drug-likeness (QED) is 0.490. The van der Waals surface area contributed by atoms with Gasteiger partial charge >= 0.3 is 13.2 Å². The number of aromatic hydroxyl groups is 1. The molecule has 16 heavy (non-hydrogen) atoms. The molecular formula is C9H7O6P. The van der Waals surface area contributed by atoms with Crippen molar-refractivity contribution in [2.45, 2.75) is 0 Å². The van der Waals surface area contributed by atoms with E-state index in [2.05, 4.69) is 0 Å². The number of phenolic OH excluding ortho intramolecular Hbond substituents is 1. The summed E-state index contributed by atoms with van der Waals surface area (Å²) in [4.78, 5) is 29.0. The van der Waals surface area contributed by atoms with Crippen molar-refractivity contribution in [2.24, 2.45) is 0 Å². The number of phenols is 1. The molecular weight excluding hydrogens is 235 g/mol. The summed E-state index contributed by atoms with van der Waals surface area (Å²) in [6.07, 6.45) is 0. The first-order chi connectivity index (χ1) is 7.38. The molecule has 0 amide bonds. The Labute approximate surface area is 88.9 Å². The lowest BCUT2D eigenvalue weighted by molar-refractivity contribution is 0.385. The highest BCUT2D eigenvalue weighted by atomic mass is 31.2. The van der Waals surface area contributed by atoms with Crippen LogP contribution in [0.25, 0.3) is 11.0 Å². The fourth-order valence-electron chi connectivity index (χ4n) is 1.29. The first-order valence-electron chi connectivity index (χ1n) is 4.21. The third-order valence-corrected chi connectivity index (χ3v) is 2.95. The van der Waals surface area contributed by atoms with Crippen molar-refractivity contribution in [2.75, 3.05) is 0 Å². The second kappa shape index (κ2) is 3.45. The van der Waals surface area contributed by atoms with Crippen LogP contribution in [0.3, 0.4) is 0 Å². The minimum absolute atomic E-state index is 0.0715. The van der Waals surface area contributed by atoms with E-state index in [1.54, 1.807) is 0 Å². The first-order valence-corrected chi connectivity index (χ1v) is 5.82. The van der Waals surface area contributed by atoms with Crippen LogP contribution in [-0.2, 0) is 4.57 Å². The van der Waals surface area contributed by atoms with Gasteiger partial charge in [0.1, 0.15) is 16.6 Å². The van der Waals surface area contributed by atoms with Crippen LogP contribution in [0.15, 0.2) is 33.5 Å². The zero-order valence-electron chi connectivity index (χ0n) is 7.82. The van der Waals surface area contributed by atoms with Crippen molar-refractivity contribution < 1.29 is 23.9 Å². The SMILES string of the molecule is O=c1oc2cc(O)ccc2cc1P(=O)(O)O. The highest BCUT2D eigenvalue weighted by Gasteiger charge is 2.23. The van der Waals surface area contributed by atoms with E-state index in [0.29, 0.717) is 5.39 Å². The third kappa shape index (κ3) is 1.86. The molecule has 7 heteroatoms. The molecule has 0 atom stereocenters. The van der Waals surface area contributed by atoms with Crippen molar-refractivity contribution in [1.82, 2.24) is 0 Å². The zero-order valence-corrected chi connectivity index (χ0v) is 8.72. The van der Waals surface area contributed by atoms with Crippen LogP contribution < -0.4 is 10.9 Å². The molecule has 1 aromatic heterocycles. The normalized spacial score (nSPS) is 11.9. The van der Waals surface area contributed by atoms with E-state index in [9.17, 15) is 9.36 Å². The van der Waals surface area contributed by atoms with E-state index >= 15 is 0 Å². The second-order valence-electron chi connectivity index (χ2n) is 3.19. The lowest BCUT2D eigenvalue weighted by atomic mass is 10.2. The van der Waals surface area contributed by atoms with E-state index in [-0.39, 0.29) is 11.3 Å². The first kappa shape index (κ1) is 10.9. The Kier molecular flexibility index (Phi) is 2.35. The third-order valence-electron chi connectivity index (χ3n) is 2.01. The summed E-state index contributed by atoms with van der Waals surface area (Å²) in [7, 11) is -4.64. The standard InChI is InChI=1S/C9H7O6P/c10-6-2-1-5-3-8(16(12,13)14)9(11)15-7(5)4-6/h1-4,10H,(H2,12,13,14). The van der Waals surface area contributed by atoms with Gasteiger partial charge in [-0.05, 0) is 18.2 Å². The van der Waals surface area contributed by atoms with Gasteiger partial charge in [-0.3, -0.25) is 4.57 Å². The summed E-state index contributed by atoms with van der Waals surface area (Å²) in [6.45, 7) is 0. The zero-order chi connectivity index (χ0) is 11.9. The summed E-state index contributed by atoms with van der Waals surface area (Å²) in [6, 6.07) is 4.97. The molecule has 1 heterocycles. The molecule has 2 rings (SSSR count). The molecule has 0 saturated heterocycles. The average molecular weight is 242 g/mol. The second-order valence-corrected chi connectivity index (χ2v) is 4.76. The molecule has 2 aromatic rings. The van der Waals surface area contributed by atoms with E-state index in [4.69, 9.17) is 19.3 Å². The molecule has 0 unspecified atom stereocenters. The van der Waals surface area contributed by atoms with Gasteiger partial charge in [-0.2, -0.15) is 0 Å². The van der Waals surface area contributed by atoms with E-state index in [1.807, 2.05) is 0 Å². The molecule has 0 spiro atoms. The van der Waals surface area contributed by atoms with Crippen LogP contribution >= 0.6 is 7.60 Å². The predicted octanol–water partition coefficient (Wildman–Crippen LogP) is 0.302. The molecule has 0 aliphatic rings. The highest BCUT2D eigenvalue weighted by Crippen LogP contribution is 2.32. The molecule has 0 fully saturated rings. The van der Waals surface area contributed by atoms with Gasteiger partial charge in [0.05, 0.1) is 0 Å². The fourth-order valence-corrected chi connectivity index (χ4v) is 1.88. The summed E-state index contributed by atoms with van der Waals surface area (Å²) in [5.41, 5.74) is -1.03. The molecule has 0 saturated carbocycles. The van der Waals surface area contributed by atoms with Gasteiger partial charge in [-0.1, -0.05) is 0 Å². The number of hydrogen-bond acceptors (Lipinski definition) is 4. The summed E-state index contributed by atoms with van der Waals surface area (Å²) >= 11 is 0.